The summed E-state index contributed by atoms with van der Waals surface area (Å²) in [6, 6.07) is 3.98. The molecule has 0 bridgehead atoms. The second-order valence-corrected chi connectivity index (χ2v) is 7.93. The molecule has 0 saturated carbocycles. The van der Waals surface area contributed by atoms with Crippen LogP contribution in [-0.4, -0.2) is 51.0 Å². The van der Waals surface area contributed by atoms with Crippen molar-refractivity contribution in [1.82, 2.24) is 10.2 Å². The maximum Gasteiger partial charge on any atom is 0.252 e. The molecule has 0 radical (unpaired) electrons. The number of amides is 2. The monoisotopic (exact) mass is 358 g/mol. The van der Waals surface area contributed by atoms with Gasteiger partial charge in [0.15, 0.2) is 9.84 Å². The van der Waals surface area contributed by atoms with Crippen LogP contribution in [0.3, 0.4) is 0 Å². The topological polar surface area (TPSA) is 83.5 Å². The van der Waals surface area contributed by atoms with Gasteiger partial charge in [0.05, 0.1) is 15.5 Å². The number of hydrogen-bond donors (Lipinski definition) is 1. The number of nitrogens with zero attached hydrogens (tertiary/aromatic N) is 1. The van der Waals surface area contributed by atoms with Crippen molar-refractivity contribution in [2.24, 2.45) is 0 Å². The Morgan fingerprint density at radius 2 is 1.91 bits per heavy atom. The summed E-state index contributed by atoms with van der Waals surface area (Å²) < 4.78 is 23.1. The van der Waals surface area contributed by atoms with Crippen molar-refractivity contribution in [2.45, 2.75) is 24.2 Å². The van der Waals surface area contributed by atoms with Gasteiger partial charge in [-0.2, -0.15) is 0 Å². The molecular weight excluding hydrogens is 340 g/mol. The van der Waals surface area contributed by atoms with Crippen LogP contribution in [0.4, 0.5) is 0 Å². The lowest BCUT2D eigenvalue weighted by Gasteiger charge is -2.15. The summed E-state index contributed by atoms with van der Waals surface area (Å²) in [5.74, 6) is -0.478. The van der Waals surface area contributed by atoms with Crippen molar-refractivity contribution in [3.05, 3.63) is 28.8 Å². The van der Waals surface area contributed by atoms with Gasteiger partial charge in [0, 0.05) is 32.3 Å². The Hall–Kier alpha value is -1.60. The number of halogens is 1. The highest BCUT2D eigenvalue weighted by Crippen LogP contribution is 2.20. The summed E-state index contributed by atoms with van der Waals surface area (Å²) in [6.07, 6.45) is 3.32. The van der Waals surface area contributed by atoms with Gasteiger partial charge in [-0.25, -0.2) is 8.42 Å². The highest BCUT2D eigenvalue weighted by atomic mass is 35.5. The molecule has 6 nitrogen and oxygen atoms in total. The Morgan fingerprint density at radius 1 is 1.26 bits per heavy atom. The first kappa shape index (κ1) is 17.7. The van der Waals surface area contributed by atoms with E-state index in [1.165, 1.54) is 18.2 Å². The fraction of sp³-hybridized carbons (Fsp3) is 0.467. The molecule has 0 aliphatic carbocycles. The van der Waals surface area contributed by atoms with E-state index in [0.717, 1.165) is 32.2 Å². The van der Waals surface area contributed by atoms with Crippen LogP contribution in [0.5, 0.6) is 0 Å². The van der Waals surface area contributed by atoms with Crippen molar-refractivity contribution in [1.29, 1.82) is 0 Å². The normalized spacial score (nSPS) is 14.8. The van der Waals surface area contributed by atoms with Crippen molar-refractivity contribution >= 4 is 33.3 Å². The van der Waals surface area contributed by atoms with E-state index in [0.29, 0.717) is 0 Å². The highest BCUT2D eigenvalue weighted by Gasteiger charge is 2.19. The number of rotatable bonds is 5. The molecule has 1 aromatic carbocycles. The summed E-state index contributed by atoms with van der Waals surface area (Å²) >= 11 is 5.96. The van der Waals surface area contributed by atoms with Crippen LogP contribution in [0.1, 0.15) is 29.6 Å². The average molecular weight is 359 g/mol. The standard InChI is InChI=1S/C15H19ClN2O4S/c1-23(21,22)11-4-5-13(16)12(10-11)15(20)17-7-6-14(19)18-8-2-3-9-18/h4-5,10H,2-3,6-9H2,1H3,(H,17,20). The number of hydrogen-bond acceptors (Lipinski definition) is 4. The quantitative estimate of drug-likeness (QED) is 0.864. The maximum absolute atomic E-state index is 12.1. The average Bonchev–Trinajstić information content (AvgIpc) is 3.00. The van der Waals surface area contributed by atoms with Crippen LogP contribution in [0.25, 0.3) is 0 Å². The van der Waals surface area contributed by atoms with Crippen LogP contribution in [0, 0.1) is 0 Å². The first-order valence-electron chi connectivity index (χ1n) is 7.34. The largest absolute Gasteiger partial charge is 0.351 e. The molecule has 1 aromatic rings. The van der Waals surface area contributed by atoms with Gasteiger partial charge in [-0.3, -0.25) is 9.59 Å². The van der Waals surface area contributed by atoms with Gasteiger partial charge in [-0.05, 0) is 31.0 Å². The first-order chi connectivity index (χ1) is 10.8. The molecule has 0 aromatic heterocycles. The van der Waals surface area contributed by atoms with Crippen LogP contribution in [-0.2, 0) is 14.6 Å². The molecule has 0 spiro atoms. The predicted molar refractivity (Wildman–Crippen MR) is 87.3 cm³/mol. The van der Waals surface area contributed by atoms with E-state index in [9.17, 15) is 18.0 Å². The first-order valence-corrected chi connectivity index (χ1v) is 9.61. The number of likely N-dealkylation sites (tertiary alicyclic amines) is 1. The molecule has 2 rings (SSSR count). The summed E-state index contributed by atoms with van der Waals surface area (Å²) in [4.78, 5) is 25.8. The van der Waals surface area contributed by atoms with Gasteiger partial charge in [0.1, 0.15) is 0 Å². The van der Waals surface area contributed by atoms with E-state index in [-0.39, 0.29) is 34.4 Å². The number of carbonyl (C=O) groups is 2. The van der Waals surface area contributed by atoms with E-state index in [1.807, 2.05) is 0 Å². The minimum Gasteiger partial charge on any atom is -0.351 e. The Labute approximate surface area is 140 Å². The third-order valence-electron chi connectivity index (χ3n) is 3.69. The van der Waals surface area contributed by atoms with Crippen LogP contribution in [0.15, 0.2) is 23.1 Å². The molecule has 1 heterocycles. The van der Waals surface area contributed by atoms with Crippen LogP contribution < -0.4 is 5.32 Å². The molecule has 8 heteroatoms. The third-order valence-corrected chi connectivity index (χ3v) is 5.13. The van der Waals surface area contributed by atoms with Crippen molar-refractivity contribution in [3.63, 3.8) is 0 Å². The molecule has 1 aliphatic rings. The van der Waals surface area contributed by atoms with Gasteiger partial charge >= 0.3 is 0 Å². The molecule has 1 saturated heterocycles. The zero-order chi connectivity index (χ0) is 17.0. The lowest BCUT2D eigenvalue weighted by molar-refractivity contribution is -0.129. The number of benzene rings is 1. The van der Waals surface area contributed by atoms with Gasteiger partial charge in [0.25, 0.3) is 5.91 Å². The second kappa shape index (κ2) is 7.31. The highest BCUT2D eigenvalue weighted by molar-refractivity contribution is 7.90. The zero-order valence-corrected chi connectivity index (χ0v) is 14.4. The molecule has 1 aliphatic heterocycles. The molecular formula is C15H19ClN2O4S. The van der Waals surface area contributed by atoms with Crippen LogP contribution in [0.2, 0.25) is 5.02 Å². The van der Waals surface area contributed by atoms with E-state index in [2.05, 4.69) is 5.32 Å². The Bertz CT molecular complexity index is 712. The Balaban J connectivity index is 1.96. The van der Waals surface area contributed by atoms with E-state index < -0.39 is 15.7 Å². The molecule has 23 heavy (non-hydrogen) atoms. The molecule has 1 fully saturated rings. The molecule has 0 unspecified atom stereocenters. The van der Waals surface area contributed by atoms with E-state index in [1.54, 1.807) is 4.90 Å². The van der Waals surface area contributed by atoms with Gasteiger partial charge in [-0.15, -0.1) is 0 Å². The molecule has 126 valence electrons. The van der Waals surface area contributed by atoms with Crippen molar-refractivity contribution < 1.29 is 18.0 Å². The zero-order valence-electron chi connectivity index (χ0n) is 12.8. The minimum atomic E-state index is -3.42. The lowest BCUT2D eigenvalue weighted by Crippen LogP contribution is -2.32. The predicted octanol–water partition coefficient (Wildman–Crippen LogP) is 1.49. The van der Waals surface area contributed by atoms with Crippen molar-refractivity contribution in [3.8, 4) is 0 Å². The van der Waals surface area contributed by atoms with Crippen molar-refractivity contribution in [2.75, 3.05) is 25.9 Å². The fourth-order valence-electron chi connectivity index (χ4n) is 2.41. The summed E-state index contributed by atoms with van der Waals surface area (Å²) in [6.45, 7) is 1.73. The molecule has 2 amide bonds. The minimum absolute atomic E-state index is 0.0128. The lowest BCUT2D eigenvalue weighted by atomic mass is 10.2. The molecule has 0 atom stereocenters. The summed E-state index contributed by atoms with van der Waals surface area (Å²) in [7, 11) is -3.42. The number of carbonyl (C=O) groups excluding carboxylic acids is 2. The van der Waals surface area contributed by atoms with E-state index in [4.69, 9.17) is 11.6 Å². The summed E-state index contributed by atoms with van der Waals surface area (Å²) in [5, 5.41) is 2.77. The SMILES string of the molecule is CS(=O)(=O)c1ccc(Cl)c(C(=O)NCCC(=O)N2CCCC2)c1. The molecule has 1 N–H and O–H groups in total. The smallest absolute Gasteiger partial charge is 0.252 e. The van der Waals surface area contributed by atoms with E-state index >= 15 is 0 Å². The Morgan fingerprint density at radius 3 is 2.52 bits per heavy atom. The summed E-state index contributed by atoms with van der Waals surface area (Å²) in [5.41, 5.74) is 0.0863. The fourth-order valence-corrected chi connectivity index (χ4v) is 3.26. The second-order valence-electron chi connectivity index (χ2n) is 5.51. The Kier molecular flexibility index (Phi) is 5.64. The van der Waals surface area contributed by atoms with Gasteiger partial charge in [0.2, 0.25) is 5.91 Å². The maximum atomic E-state index is 12.1. The van der Waals surface area contributed by atoms with Gasteiger partial charge < -0.3 is 10.2 Å². The number of sulfone groups is 1. The van der Waals surface area contributed by atoms with Gasteiger partial charge in [-0.1, -0.05) is 11.6 Å². The van der Waals surface area contributed by atoms with Crippen LogP contribution >= 0.6 is 11.6 Å². The number of nitrogens with one attached hydrogen (secondary N) is 1. The third kappa shape index (κ3) is 4.68.